The molecule has 1 amide bonds. The average molecular weight is 397 g/mol. The zero-order valence-corrected chi connectivity index (χ0v) is 16.9. The number of benzene rings is 1. The van der Waals surface area contributed by atoms with Gasteiger partial charge < -0.3 is 14.8 Å². The highest BCUT2D eigenvalue weighted by atomic mass is 32.2. The van der Waals surface area contributed by atoms with E-state index in [-0.39, 0.29) is 22.6 Å². The first kappa shape index (κ1) is 21.4. The van der Waals surface area contributed by atoms with Crippen LogP contribution in [0.15, 0.2) is 29.2 Å². The first-order chi connectivity index (χ1) is 12.9. The van der Waals surface area contributed by atoms with E-state index in [0.29, 0.717) is 31.9 Å². The van der Waals surface area contributed by atoms with Crippen LogP contribution in [0.4, 0.5) is 0 Å². The Bertz CT molecular complexity index is 770. The summed E-state index contributed by atoms with van der Waals surface area (Å²) in [6, 6.07) is 4.95. The molecule has 1 aromatic rings. The normalized spacial score (nSPS) is 17.0. The first-order valence-electron chi connectivity index (χ1n) is 9.13. The van der Waals surface area contributed by atoms with Crippen LogP contribution < -0.4 is 10.1 Å². The number of rotatable bonds is 8. The highest BCUT2D eigenvalue weighted by molar-refractivity contribution is 7.89. The lowest BCUT2D eigenvalue weighted by atomic mass is 10.2. The minimum Gasteiger partial charge on any atom is -0.495 e. The quantitative estimate of drug-likeness (QED) is 0.680. The van der Waals surface area contributed by atoms with Crippen molar-refractivity contribution in [1.82, 2.24) is 9.62 Å². The number of nitrogens with zero attached hydrogens (tertiary/aromatic N) is 1. The zero-order chi connectivity index (χ0) is 19.9. The van der Waals surface area contributed by atoms with Crippen LogP contribution in [0.25, 0.3) is 6.08 Å². The van der Waals surface area contributed by atoms with Crippen LogP contribution in [-0.4, -0.2) is 58.1 Å². The number of morpholine rings is 1. The molecule has 8 heteroatoms. The van der Waals surface area contributed by atoms with E-state index in [1.165, 1.54) is 23.6 Å². The number of ether oxygens (including phenoxy) is 2. The monoisotopic (exact) mass is 396 g/mol. The first-order valence-corrected chi connectivity index (χ1v) is 10.6. The van der Waals surface area contributed by atoms with E-state index in [9.17, 15) is 13.2 Å². The number of amides is 1. The second-order valence-corrected chi connectivity index (χ2v) is 8.36. The number of sulfonamides is 1. The maximum Gasteiger partial charge on any atom is 0.246 e. The molecule has 0 bridgehead atoms. The van der Waals surface area contributed by atoms with Gasteiger partial charge in [0.05, 0.1) is 20.3 Å². The van der Waals surface area contributed by atoms with Crippen molar-refractivity contribution in [2.24, 2.45) is 0 Å². The summed E-state index contributed by atoms with van der Waals surface area (Å²) in [5.74, 6) is 0.0732. The van der Waals surface area contributed by atoms with Crippen molar-refractivity contribution in [3.63, 3.8) is 0 Å². The molecule has 0 radical (unpaired) electrons. The molecule has 1 aliphatic heterocycles. The molecule has 1 atom stereocenters. The van der Waals surface area contributed by atoms with Crippen molar-refractivity contribution < 1.29 is 22.7 Å². The second-order valence-electron chi connectivity index (χ2n) is 6.46. The molecule has 150 valence electrons. The van der Waals surface area contributed by atoms with Crippen LogP contribution >= 0.6 is 0 Å². The van der Waals surface area contributed by atoms with Gasteiger partial charge in [0.2, 0.25) is 15.9 Å². The lowest BCUT2D eigenvalue weighted by Gasteiger charge is -2.26. The molecule has 1 fully saturated rings. The number of methoxy groups -OCH3 is 1. The Labute approximate surface area is 161 Å². The minimum absolute atomic E-state index is 0.0915. The van der Waals surface area contributed by atoms with Gasteiger partial charge >= 0.3 is 0 Å². The van der Waals surface area contributed by atoms with Gasteiger partial charge in [-0.05, 0) is 37.1 Å². The predicted octanol–water partition coefficient (Wildman–Crippen LogP) is 2.03. The summed E-state index contributed by atoms with van der Waals surface area (Å²) in [4.78, 5) is 12.1. The Hall–Kier alpha value is -1.90. The lowest BCUT2D eigenvalue weighted by molar-refractivity contribution is -0.117. The van der Waals surface area contributed by atoms with Crippen LogP contribution in [-0.2, 0) is 19.6 Å². The molecule has 7 nitrogen and oxygen atoms in total. The molecule has 1 aromatic carbocycles. The number of hydrogen-bond acceptors (Lipinski definition) is 5. The molecular weight excluding hydrogens is 368 g/mol. The van der Waals surface area contributed by atoms with Crippen molar-refractivity contribution in [3.8, 4) is 5.75 Å². The Morgan fingerprint density at radius 3 is 2.70 bits per heavy atom. The Kier molecular flexibility index (Phi) is 7.82. The molecule has 0 saturated carbocycles. The van der Waals surface area contributed by atoms with Gasteiger partial charge in [-0.3, -0.25) is 4.79 Å². The van der Waals surface area contributed by atoms with Gasteiger partial charge in [-0.1, -0.05) is 19.4 Å². The van der Waals surface area contributed by atoms with E-state index in [1.807, 2.05) is 6.92 Å². The van der Waals surface area contributed by atoms with E-state index < -0.39 is 10.0 Å². The molecule has 1 heterocycles. The van der Waals surface area contributed by atoms with E-state index in [1.54, 1.807) is 18.2 Å². The van der Waals surface area contributed by atoms with Crippen molar-refractivity contribution in [2.45, 2.75) is 37.6 Å². The Morgan fingerprint density at radius 2 is 2.07 bits per heavy atom. The number of carbonyl (C=O) groups is 1. The smallest absolute Gasteiger partial charge is 0.246 e. The molecule has 0 aliphatic carbocycles. The van der Waals surface area contributed by atoms with Crippen molar-refractivity contribution in [2.75, 3.05) is 33.4 Å². The third-order valence-corrected chi connectivity index (χ3v) is 6.23. The fourth-order valence-electron chi connectivity index (χ4n) is 2.89. The molecule has 2 rings (SSSR count). The lowest BCUT2D eigenvalue weighted by Crippen LogP contribution is -2.40. The maximum absolute atomic E-state index is 13.0. The summed E-state index contributed by atoms with van der Waals surface area (Å²) >= 11 is 0. The third-order valence-electron chi connectivity index (χ3n) is 4.31. The highest BCUT2D eigenvalue weighted by Crippen LogP contribution is 2.28. The van der Waals surface area contributed by atoms with Crippen molar-refractivity contribution >= 4 is 22.0 Å². The highest BCUT2D eigenvalue weighted by Gasteiger charge is 2.29. The molecule has 0 aromatic heterocycles. The van der Waals surface area contributed by atoms with E-state index >= 15 is 0 Å². The summed E-state index contributed by atoms with van der Waals surface area (Å²) in [6.45, 7) is 5.38. The van der Waals surface area contributed by atoms with Gasteiger partial charge in [-0.2, -0.15) is 4.31 Å². The van der Waals surface area contributed by atoms with Crippen LogP contribution in [0.3, 0.4) is 0 Å². The van der Waals surface area contributed by atoms with Crippen LogP contribution in [0.1, 0.15) is 32.3 Å². The summed E-state index contributed by atoms with van der Waals surface area (Å²) in [5.41, 5.74) is 0.612. The number of hydrogen-bond donors (Lipinski definition) is 1. The van der Waals surface area contributed by atoms with Gasteiger partial charge in [-0.25, -0.2) is 8.42 Å². The van der Waals surface area contributed by atoms with Gasteiger partial charge in [0, 0.05) is 25.2 Å². The Morgan fingerprint density at radius 1 is 1.37 bits per heavy atom. The second kappa shape index (κ2) is 9.87. The van der Waals surface area contributed by atoms with Crippen molar-refractivity contribution in [3.05, 3.63) is 29.8 Å². The molecule has 1 aliphatic rings. The average Bonchev–Trinajstić information content (AvgIpc) is 2.67. The van der Waals surface area contributed by atoms with Gasteiger partial charge in [-0.15, -0.1) is 0 Å². The summed E-state index contributed by atoms with van der Waals surface area (Å²) in [7, 11) is -2.26. The summed E-state index contributed by atoms with van der Waals surface area (Å²) in [6.07, 6.45) is 4.92. The molecule has 0 spiro atoms. The largest absolute Gasteiger partial charge is 0.495 e. The number of nitrogens with one attached hydrogen (secondary N) is 1. The molecule has 1 saturated heterocycles. The van der Waals surface area contributed by atoms with Crippen LogP contribution in [0.2, 0.25) is 0 Å². The fourth-order valence-corrected chi connectivity index (χ4v) is 4.49. The van der Waals surface area contributed by atoms with Crippen molar-refractivity contribution in [1.29, 1.82) is 0 Å². The van der Waals surface area contributed by atoms with Gasteiger partial charge in [0.15, 0.2) is 0 Å². The molecule has 1 N–H and O–H groups in total. The minimum atomic E-state index is -3.70. The molecule has 27 heavy (non-hydrogen) atoms. The van der Waals surface area contributed by atoms with Crippen LogP contribution in [0, 0.1) is 0 Å². The van der Waals surface area contributed by atoms with E-state index in [4.69, 9.17) is 9.47 Å². The fraction of sp³-hybridized carbons (Fsp3) is 0.526. The SMILES string of the molecule is CCC[C@H](C)NC(=O)/C=C/c1ccc(OC)c(S(=O)(=O)N2CCOCC2)c1. The zero-order valence-electron chi connectivity index (χ0n) is 16.1. The maximum atomic E-state index is 13.0. The molecular formula is C19H28N2O5S. The predicted molar refractivity (Wildman–Crippen MR) is 104 cm³/mol. The third kappa shape index (κ3) is 5.79. The number of carbonyl (C=O) groups excluding carboxylic acids is 1. The Balaban J connectivity index is 2.22. The van der Waals surface area contributed by atoms with E-state index in [2.05, 4.69) is 12.2 Å². The summed E-state index contributed by atoms with van der Waals surface area (Å²) < 4.78 is 37.8. The van der Waals surface area contributed by atoms with Crippen LogP contribution in [0.5, 0.6) is 5.75 Å². The van der Waals surface area contributed by atoms with Gasteiger partial charge in [0.25, 0.3) is 0 Å². The standard InChI is InChI=1S/C19H28N2O5S/c1-4-5-15(2)20-19(22)9-7-16-6-8-17(25-3)18(14-16)27(23,24)21-10-12-26-13-11-21/h6-9,14-15H,4-5,10-13H2,1-3H3,(H,20,22)/b9-7+/t15-/m0/s1. The molecule has 0 unspecified atom stereocenters. The van der Waals surface area contributed by atoms with Gasteiger partial charge in [0.1, 0.15) is 10.6 Å². The summed E-state index contributed by atoms with van der Waals surface area (Å²) in [5, 5.41) is 2.88. The topological polar surface area (TPSA) is 84.9 Å². The van der Waals surface area contributed by atoms with E-state index in [0.717, 1.165) is 12.8 Å².